The summed E-state index contributed by atoms with van der Waals surface area (Å²) in [6.07, 6.45) is 4.85. The number of carbonyl (C=O) groups is 1. The Kier molecular flexibility index (Phi) is 3.61. The van der Waals surface area contributed by atoms with Crippen molar-refractivity contribution >= 4 is 11.6 Å². The maximum atomic E-state index is 11.8. The molecule has 0 radical (unpaired) electrons. The van der Waals surface area contributed by atoms with Gasteiger partial charge in [0.25, 0.3) is 0 Å². The Hall–Kier alpha value is -1.62. The van der Waals surface area contributed by atoms with Crippen molar-refractivity contribution in [2.75, 3.05) is 18.0 Å². The minimum absolute atomic E-state index is 0.00730. The Morgan fingerprint density at radius 1 is 1.55 bits per heavy atom. The third-order valence-electron chi connectivity index (χ3n) is 4.52. The van der Waals surface area contributed by atoms with Gasteiger partial charge < -0.3 is 16.0 Å². The molecule has 2 aliphatic heterocycles. The zero-order valence-corrected chi connectivity index (χ0v) is 11.9. The minimum Gasteiger partial charge on any atom is -0.365 e. The Labute approximate surface area is 119 Å². The normalized spacial score (nSPS) is 27.1. The van der Waals surface area contributed by atoms with Crippen molar-refractivity contribution in [3.63, 3.8) is 0 Å². The monoisotopic (exact) mass is 274 g/mol. The van der Waals surface area contributed by atoms with Gasteiger partial charge in [0.05, 0.1) is 29.5 Å². The quantitative estimate of drug-likeness (QED) is 0.869. The fourth-order valence-electron chi connectivity index (χ4n) is 3.27. The van der Waals surface area contributed by atoms with E-state index in [2.05, 4.69) is 28.2 Å². The molecule has 2 saturated heterocycles. The molecule has 3 heterocycles. The standard InChI is InChI=1S/C15H22N4O/c1-2-12(16)13-6-5-10(8-17-13)19-7-3-4-11-14(19)9-18-15(11)20/h5-6,8,11-12,14H,2-4,7,9,16H2,1H3,(H,18,20). The summed E-state index contributed by atoms with van der Waals surface area (Å²) in [6.45, 7) is 3.81. The third-order valence-corrected chi connectivity index (χ3v) is 4.52. The predicted octanol–water partition coefficient (Wildman–Crippen LogP) is 1.21. The van der Waals surface area contributed by atoms with Crippen LogP contribution in [0.5, 0.6) is 0 Å². The Morgan fingerprint density at radius 3 is 3.10 bits per heavy atom. The molecule has 0 aromatic carbocycles. The molecule has 20 heavy (non-hydrogen) atoms. The van der Waals surface area contributed by atoms with E-state index in [9.17, 15) is 4.79 Å². The first-order chi connectivity index (χ1) is 9.70. The topological polar surface area (TPSA) is 71.2 Å². The number of pyridine rings is 1. The van der Waals surface area contributed by atoms with E-state index >= 15 is 0 Å². The van der Waals surface area contributed by atoms with Crippen LogP contribution in [0.2, 0.25) is 0 Å². The summed E-state index contributed by atoms with van der Waals surface area (Å²) in [6, 6.07) is 4.39. The van der Waals surface area contributed by atoms with Crippen LogP contribution >= 0.6 is 0 Å². The van der Waals surface area contributed by atoms with Crippen molar-refractivity contribution in [2.24, 2.45) is 11.7 Å². The van der Waals surface area contributed by atoms with Crippen LogP contribution in [0, 0.1) is 5.92 Å². The van der Waals surface area contributed by atoms with Gasteiger partial charge in [0, 0.05) is 19.1 Å². The van der Waals surface area contributed by atoms with Crippen LogP contribution in [0.4, 0.5) is 5.69 Å². The summed E-state index contributed by atoms with van der Waals surface area (Å²) < 4.78 is 0. The predicted molar refractivity (Wildman–Crippen MR) is 78.3 cm³/mol. The number of nitrogens with two attached hydrogens (primary N) is 1. The molecule has 1 amide bonds. The van der Waals surface area contributed by atoms with Gasteiger partial charge in [-0.15, -0.1) is 0 Å². The summed E-state index contributed by atoms with van der Waals surface area (Å²) in [4.78, 5) is 18.6. The largest absolute Gasteiger partial charge is 0.365 e. The van der Waals surface area contributed by atoms with Crippen molar-refractivity contribution in [3.05, 3.63) is 24.0 Å². The van der Waals surface area contributed by atoms with Crippen LogP contribution in [-0.4, -0.2) is 30.0 Å². The van der Waals surface area contributed by atoms with Gasteiger partial charge in [-0.25, -0.2) is 0 Å². The van der Waals surface area contributed by atoms with Crippen molar-refractivity contribution in [3.8, 4) is 0 Å². The van der Waals surface area contributed by atoms with E-state index in [1.54, 1.807) is 0 Å². The van der Waals surface area contributed by atoms with Crippen molar-refractivity contribution in [1.82, 2.24) is 10.3 Å². The number of piperidine rings is 1. The van der Waals surface area contributed by atoms with Gasteiger partial charge in [-0.3, -0.25) is 9.78 Å². The second-order valence-corrected chi connectivity index (χ2v) is 5.71. The van der Waals surface area contributed by atoms with E-state index in [1.165, 1.54) is 0 Å². The van der Waals surface area contributed by atoms with Crippen molar-refractivity contribution in [1.29, 1.82) is 0 Å². The Balaban J connectivity index is 1.80. The molecule has 2 fully saturated rings. The lowest BCUT2D eigenvalue weighted by Gasteiger charge is -2.37. The lowest BCUT2D eigenvalue weighted by molar-refractivity contribution is -0.122. The van der Waals surface area contributed by atoms with E-state index in [-0.39, 0.29) is 23.9 Å². The van der Waals surface area contributed by atoms with Gasteiger partial charge in [-0.05, 0) is 31.4 Å². The summed E-state index contributed by atoms with van der Waals surface area (Å²) in [5.74, 6) is 0.346. The molecule has 3 N–H and O–H groups in total. The number of hydrogen-bond acceptors (Lipinski definition) is 4. The average molecular weight is 274 g/mol. The molecule has 2 aliphatic rings. The molecular weight excluding hydrogens is 252 g/mol. The van der Waals surface area contributed by atoms with Gasteiger partial charge in [0.2, 0.25) is 5.91 Å². The number of anilines is 1. The molecule has 0 aliphatic carbocycles. The third kappa shape index (κ3) is 2.26. The highest BCUT2D eigenvalue weighted by molar-refractivity contribution is 5.83. The van der Waals surface area contributed by atoms with E-state index in [0.29, 0.717) is 0 Å². The maximum Gasteiger partial charge on any atom is 0.225 e. The summed E-state index contributed by atoms with van der Waals surface area (Å²) >= 11 is 0. The molecule has 3 atom stereocenters. The molecule has 0 saturated carbocycles. The highest BCUT2D eigenvalue weighted by atomic mass is 16.2. The summed E-state index contributed by atoms with van der Waals surface area (Å²) in [5.41, 5.74) is 8.03. The van der Waals surface area contributed by atoms with Gasteiger partial charge >= 0.3 is 0 Å². The molecule has 108 valence electrons. The average Bonchev–Trinajstić information content (AvgIpc) is 2.88. The lowest BCUT2D eigenvalue weighted by Crippen LogP contribution is -2.45. The van der Waals surface area contributed by atoms with Gasteiger partial charge in [0.1, 0.15) is 0 Å². The SMILES string of the molecule is CCC(N)c1ccc(N2CCCC3C(=O)NCC32)cn1. The van der Waals surface area contributed by atoms with Gasteiger partial charge in [-0.2, -0.15) is 0 Å². The van der Waals surface area contributed by atoms with Crippen LogP contribution in [0.1, 0.15) is 37.9 Å². The van der Waals surface area contributed by atoms with Crippen LogP contribution in [0.3, 0.4) is 0 Å². The first-order valence-electron chi connectivity index (χ1n) is 7.46. The molecule has 3 unspecified atom stereocenters. The number of nitrogens with zero attached hydrogens (tertiary/aromatic N) is 2. The first kappa shape index (κ1) is 13.4. The van der Waals surface area contributed by atoms with E-state index in [1.807, 2.05) is 12.3 Å². The molecular formula is C15H22N4O. The number of rotatable bonds is 3. The number of nitrogens with one attached hydrogen (secondary N) is 1. The fourth-order valence-corrected chi connectivity index (χ4v) is 3.27. The van der Waals surface area contributed by atoms with Crippen LogP contribution in [0.25, 0.3) is 0 Å². The number of aromatic nitrogens is 1. The number of carbonyl (C=O) groups excluding carboxylic acids is 1. The lowest BCUT2D eigenvalue weighted by atomic mass is 9.91. The smallest absolute Gasteiger partial charge is 0.225 e. The maximum absolute atomic E-state index is 11.8. The van der Waals surface area contributed by atoms with Gasteiger partial charge in [0.15, 0.2) is 0 Å². The molecule has 0 spiro atoms. The Bertz CT molecular complexity index is 487. The first-order valence-corrected chi connectivity index (χ1v) is 7.46. The number of amides is 1. The molecule has 0 bridgehead atoms. The summed E-state index contributed by atoms with van der Waals surface area (Å²) in [5, 5.41) is 2.98. The molecule has 5 nitrogen and oxygen atoms in total. The molecule has 1 aromatic rings. The molecule has 3 rings (SSSR count). The van der Waals surface area contributed by atoms with Crippen molar-refractivity contribution in [2.45, 2.75) is 38.3 Å². The van der Waals surface area contributed by atoms with Crippen LogP contribution in [0.15, 0.2) is 18.3 Å². The fraction of sp³-hybridized carbons (Fsp3) is 0.600. The van der Waals surface area contributed by atoms with E-state index in [0.717, 1.165) is 43.7 Å². The molecule has 5 heteroatoms. The Morgan fingerprint density at radius 2 is 2.40 bits per heavy atom. The summed E-state index contributed by atoms with van der Waals surface area (Å²) in [7, 11) is 0. The highest BCUT2D eigenvalue weighted by Crippen LogP contribution is 2.31. The molecule has 1 aromatic heterocycles. The van der Waals surface area contributed by atoms with E-state index in [4.69, 9.17) is 5.73 Å². The highest BCUT2D eigenvalue weighted by Gasteiger charge is 2.40. The second kappa shape index (κ2) is 5.40. The van der Waals surface area contributed by atoms with Crippen LogP contribution in [-0.2, 0) is 4.79 Å². The number of fused-ring (bicyclic) bond motifs is 1. The zero-order valence-electron chi connectivity index (χ0n) is 11.9. The second-order valence-electron chi connectivity index (χ2n) is 5.71. The van der Waals surface area contributed by atoms with E-state index < -0.39 is 0 Å². The zero-order chi connectivity index (χ0) is 14.1. The van der Waals surface area contributed by atoms with Crippen molar-refractivity contribution < 1.29 is 4.79 Å². The van der Waals surface area contributed by atoms with Crippen LogP contribution < -0.4 is 16.0 Å². The van der Waals surface area contributed by atoms with Gasteiger partial charge in [-0.1, -0.05) is 6.92 Å². The minimum atomic E-state index is 0.00730. The number of hydrogen-bond donors (Lipinski definition) is 2.